The van der Waals surface area contributed by atoms with Crippen molar-refractivity contribution < 1.29 is 9.53 Å². The zero-order chi connectivity index (χ0) is 23.8. The van der Waals surface area contributed by atoms with Crippen LogP contribution in [0.2, 0.25) is 0 Å². The van der Waals surface area contributed by atoms with E-state index in [-0.39, 0.29) is 17.6 Å². The minimum absolute atomic E-state index is 0.0386. The number of carbonyl (C=O) groups excluding carboxylic acids is 1. The number of hydrogen-bond donors (Lipinski definition) is 2. The molecule has 1 atom stereocenters. The highest BCUT2D eigenvalue weighted by atomic mass is 16.5. The van der Waals surface area contributed by atoms with Crippen molar-refractivity contribution in [2.24, 2.45) is 0 Å². The number of hydrogen-bond acceptors (Lipinski definition) is 4. The van der Waals surface area contributed by atoms with Gasteiger partial charge in [-0.05, 0) is 37.1 Å². The molecule has 1 aliphatic heterocycles. The molecule has 6 rings (SSSR count). The highest BCUT2D eigenvalue weighted by Gasteiger charge is 2.29. The van der Waals surface area contributed by atoms with Crippen LogP contribution in [0.15, 0.2) is 77.9 Å². The number of carbonyl (C=O) groups is 1. The van der Waals surface area contributed by atoms with Crippen LogP contribution in [0.3, 0.4) is 0 Å². The Hall–Kier alpha value is -4.33. The Morgan fingerprint density at radius 3 is 2.80 bits per heavy atom. The average molecular weight is 468 g/mol. The third-order valence-electron chi connectivity index (χ3n) is 6.69. The van der Waals surface area contributed by atoms with Crippen LogP contribution in [0, 0.1) is 0 Å². The van der Waals surface area contributed by atoms with E-state index in [0.29, 0.717) is 30.8 Å². The molecule has 8 heteroatoms. The highest BCUT2D eigenvalue weighted by Crippen LogP contribution is 2.29. The lowest BCUT2D eigenvalue weighted by Gasteiger charge is -2.34. The Balaban J connectivity index is 1.28. The molecule has 0 radical (unpaired) electrons. The Morgan fingerprint density at radius 1 is 1.09 bits per heavy atom. The van der Waals surface area contributed by atoms with E-state index in [1.165, 1.54) is 0 Å². The number of piperidine rings is 1. The van der Waals surface area contributed by atoms with Gasteiger partial charge in [-0.2, -0.15) is 0 Å². The van der Waals surface area contributed by atoms with Gasteiger partial charge >= 0.3 is 5.69 Å². The van der Waals surface area contributed by atoms with E-state index >= 15 is 0 Å². The summed E-state index contributed by atoms with van der Waals surface area (Å²) < 4.78 is 7.72. The summed E-state index contributed by atoms with van der Waals surface area (Å²) in [6, 6.07) is 19.0. The number of ether oxygens (including phenoxy) is 1. The molecule has 176 valence electrons. The van der Waals surface area contributed by atoms with Gasteiger partial charge in [-0.3, -0.25) is 9.36 Å². The number of nitrogens with zero attached hydrogens (tertiary/aromatic N) is 3. The summed E-state index contributed by atoms with van der Waals surface area (Å²) in [5.41, 5.74) is 3.57. The van der Waals surface area contributed by atoms with Crippen molar-refractivity contribution in [2.75, 3.05) is 13.1 Å². The van der Waals surface area contributed by atoms with E-state index in [0.717, 1.165) is 40.7 Å². The van der Waals surface area contributed by atoms with Gasteiger partial charge in [0.15, 0.2) is 0 Å². The fourth-order valence-corrected chi connectivity index (χ4v) is 5.02. The number of pyridine rings is 1. The molecule has 0 saturated carbocycles. The summed E-state index contributed by atoms with van der Waals surface area (Å²) in [6.07, 6.45) is 5.15. The van der Waals surface area contributed by atoms with Gasteiger partial charge in [-0.15, -0.1) is 0 Å². The number of para-hydroxylation sites is 1. The van der Waals surface area contributed by atoms with E-state index in [9.17, 15) is 9.59 Å². The lowest BCUT2D eigenvalue weighted by molar-refractivity contribution is 0.0677. The molecule has 2 N–H and O–H groups in total. The monoisotopic (exact) mass is 467 g/mol. The van der Waals surface area contributed by atoms with Crippen LogP contribution in [0.1, 0.15) is 34.8 Å². The number of likely N-dealkylation sites (tertiary alicyclic amines) is 1. The Labute approximate surface area is 201 Å². The van der Waals surface area contributed by atoms with E-state index in [1.807, 2.05) is 71.8 Å². The zero-order valence-electron chi connectivity index (χ0n) is 19.1. The number of imidazole rings is 1. The minimum Gasteiger partial charge on any atom is -0.489 e. The zero-order valence-corrected chi connectivity index (χ0v) is 19.1. The van der Waals surface area contributed by atoms with Gasteiger partial charge in [0.05, 0.1) is 23.3 Å². The topological polar surface area (TPSA) is 96.0 Å². The molecule has 0 bridgehead atoms. The SMILES string of the molecule is O=C(c1ccccc1COc1ccccc1)N1CCC[C@@H](n2c(=O)[nH]c3cnc4[nH]ccc4c32)C1. The van der Waals surface area contributed by atoms with Crippen molar-refractivity contribution in [3.05, 3.63) is 94.7 Å². The average Bonchev–Trinajstić information content (AvgIpc) is 3.51. The molecule has 1 fully saturated rings. The third-order valence-corrected chi connectivity index (χ3v) is 6.69. The van der Waals surface area contributed by atoms with Crippen molar-refractivity contribution in [3.63, 3.8) is 0 Å². The van der Waals surface area contributed by atoms with E-state index in [1.54, 1.807) is 10.8 Å². The van der Waals surface area contributed by atoms with Crippen LogP contribution < -0.4 is 10.4 Å². The second-order valence-corrected chi connectivity index (χ2v) is 8.87. The fraction of sp³-hybridized carbons (Fsp3) is 0.222. The van der Waals surface area contributed by atoms with E-state index in [4.69, 9.17) is 4.74 Å². The lowest BCUT2D eigenvalue weighted by Crippen LogP contribution is -2.42. The summed E-state index contributed by atoms with van der Waals surface area (Å²) >= 11 is 0. The van der Waals surface area contributed by atoms with Gasteiger partial charge in [0.2, 0.25) is 0 Å². The van der Waals surface area contributed by atoms with Crippen LogP contribution in [-0.2, 0) is 6.61 Å². The summed E-state index contributed by atoms with van der Waals surface area (Å²) in [6.45, 7) is 1.43. The van der Waals surface area contributed by atoms with E-state index < -0.39 is 0 Å². The molecule has 35 heavy (non-hydrogen) atoms. The Kier molecular flexibility index (Phi) is 5.33. The fourth-order valence-electron chi connectivity index (χ4n) is 5.02. The maximum atomic E-state index is 13.6. The number of rotatable bonds is 5. The maximum absolute atomic E-state index is 13.6. The largest absolute Gasteiger partial charge is 0.489 e. The van der Waals surface area contributed by atoms with Crippen molar-refractivity contribution in [1.82, 2.24) is 24.4 Å². The molecule has 0 unspecified atom stereocenters. The number of nitrogens with one attached hydrogen (secondary N) is 2. The van der Waals surface area contributed by atoms with Crippen molar-refractivity contribution in [3.8, 4) is 5.75 Å². The molecular formula is C27H25N5O3. The smallest absolute Gasteiger partial charge is 0.326 e. The van der Waals surface area contributed by atoms with Gasteiger partial charge in [0.25, 0.3) is 5.91 Å². The molecule has 2 aromatic carbocycles. The summed E-state index contributed by atoms with van der Waals surface area (Å²) in [7, 11) is 0. The number of amides is 1. The normalized spacial score (nSPS) is 16.1. The van der Waals surface area contributed by atoms with Gasteiger partial charge in [0, 0.05) is 35.8 Å². The molecule has 1 aliphatic rings. The molecule has 8 nitrogen and oxygen atoms in total. The predicted octanol–water partition coefficient (Wildman–Crippen LogP) is 4.26. The van der Waals surface area contributed by atoms with Crippen LogP contribution in [0.5, 0.6) is 5.75 Å². The summed E-state index contributed by atoms with van der Waals surface area (Å²) in [4.78, 5) is 38.9. The summed E-state index contributed by atoms with van der Waals surface area (Å²) in [5.74, 6) is 0.723. The predicted molar refractivity (Wildman–Crippen MR) is 134 cm³/mol. The highest BCUT2D eigenvalue weighted by molar-refractivity contribution is 6.01. The molecule has 3 aromatic heterocycles. The van der Waals surface area contributed by atoms with Gasteiger partial charge in [0.1, 0.15) is 18.0 Å². The Bertz CT molecular complexity index is 1570. The molecule has 1 saturated heterocycles. The first-order valence-electron chi connectivity index (χ1n) is 11.8. The first-order chi connectivity index (χ1) is 17.2. The lowest BCUT2D eigenvalue weighted by atomic mass is 10.0. The van der Waals surface area contributed by atoms with Crippen molar-refractivity contribution in [1.29, 1.82) is 0 Å². The van der Waals surface area contributed by atoms with Gasteiger partial charge in [-0.1, -0.05) is 36.4 Å². The number of fused-ring (bicyclic) bond motifs is 3. The van der Waals surface area contributed by atoms with Crippen LogP contribution in [0.25, 0.3) is 22.1 Å². The summed E-state index contributed by atoms with van der Waals surface area (Å²) in [5, 5.41) is 0.896. The van der Waals surface area contributed by atoms with Crippen molar-refractivity contribution in [2.45, 2.75) is 25.5 Å². The van der Waals surface area contributed by atoms with Crippen LogP contribution in [0.4, 0.5) is 0 Å². The van der Waals surface area contributed by atoms with E-state index in [2.05, 4.69) is 15.0 Å². The third kappa shape index (κ3) is 3.86. The van der Waals surface area contributed by atoms with Crippen LogP contribution >= 0.6 is 0 Å². The molecule has 4 heterocycles. The number of benzene rings is 2. The molecule has 0 spiro atoms. The standard InChI is InChI=1S/C27H25N5O3/c33-26(21-11-5-4-7-18(21)17-35-20-9-2-1-3-10-20)31-14-6-8-19(16-31)32-24-22-12-13-28-25(22)29-15-23(24)30-27(32)34/h1-5,7,9-13,15,19H,6,8,14,16-17H2,(H,28,29)(H,30,34)/t19-/m1/s1. The quantitative estimate of drug-likeness (QED) is 0.404. The van der Waals surface area contributed by atoms with Crippen molar-refractivity contribution >= 4 is 28.0 Å². The van der Waals surface area contributed by atoms with Crippen LogP contribution in [-0.4, -0.2) is 43.4 Å². The first kappa shape index (κ1) is 21.2. The second-order valence-electron chi connectivity index (χ2n) is 8.87. The van der Waals surface area contributed by atoms with Gasteiger partial charge in [-0.25, -0.2) is 9.78 Å². The number of aromatic nitrogens is 4. The first-order valence-corrected chi connectivity index (χ1v) is 11.8. The molecule has 5 aromatic rings. The molecular weight excluding hydrogens is 442 g/mol. The number of aromatic amines is 2. The maximum Gasteiger partial charge on any atom is 0.326 e. The second kappa shape index (κ2) is 8.79. The van der Waals surface area contributed by atoms with Gasteiger partial charge < -0.3 is 19.6 Å². The minimum atomic E-state index is -0.175. The molecule has 0 aliphatic carbocycles. The number of H-pyrrole nitrogens is 2. The Morgan fingerprint density at radius 2 is 1.91 bits per heavy atom. The molecule has 1 amide bonds.